The SMILES string of the molecule is N#CC(NC(=O)c1cccc2c1OCCO2)c1ccc(Cl)cc1. The molecule has 1 aliphatic rings. The molecule has 5 nitrogen and oxygen atoms in total. The monoisotopic (exact) mass is 328 g/mol. The van der Waals surface area contributed by atoms with Gasteiger partial charge in [0.2, 0.25) is 0 Å². The molecule has 1 aliphatic heterocycles. The lowest BCUT2D eigenvalue weighted by Crippen LogP contribution is -2.29. The number of nitrogens with one attached hydrogen (secondary N) is 1. The van der Waals surface area contributed by atoms with Crippen LogP contribution in [0.5, 0.6) is 11.5 Å². The second-order valence-corrected chi connectivity index (χ2v) is 5.35. The van der Waals surface area contributed by atoms with Crippen molar-refractivity contribution in [3.63, 3.8) is 0 Å². The molecule has 1 amide bonds. The summed E-state index contributed by atoms with van der Waals surface area (Å²) in [7, 11) is 0. The topological polar surface area (TPSA) is 71.4 Å². The summed E-state index contributed by atoms with van der Waals surface area (Å²) in [4.78, 5) is 12.5. The lowest BCUT2D eigenvalue weighted by molar-refractivity contribution is 0.0934. The van der Waals surface area contributed by atoms with E-state index < -0.39 is 11.9 Å². The molecule has 23 heavy (non-hydrogen) atoms. The van der Waals surface area contributed by atoms with Gasteiger partial charge in [0.05, 0.1) is 11.6 Å². The van der Waals surface area contributed by atoms with Gasteiger partial charge in [0.1, 0.15) is 19.3 Å². The van der Waals surface area contributed by atoms with Gasteiger partial charge >= 0.3 is 0 Å². The summed E-state index contributed by atoms with van der Waals surface area (Å²) in [6, 6.07) is 13.1. The molecule has 1 N–H and O–H groups in total. The highest BCUT2D eigenvalue weighted by Gasteiger charge is 2.22. The third-order valence-electron chi connectivity index (χ3n) is 3.42. The summed E-state index contributed by atoms with van der Waals surface area (Å²) in [5.74, 6) is 0.543. The second-order valence-electron chi connectivity index (χ2n) is 4.92. The van der Waals surface area contributed by atoms with Gasteiger partial charge in [-0.25, -0.2) is 0 Å². The highest BCUT2D eigenvalue weighted by Crippen LogP contribution is 2.33. The van der Waals surface area contributed by atoms with Crippen LogP contribution in [0.4, 0.5) is 0 Å². The van der Waals surface area contributed by atoms with E-state index in [2.05, 4.69) is 11.4 Å². The number of benzene rings is 2. The fraction of sp³-hybridized carbons (Fsp3) is 0.176. The molecule has 2 aromatic carbocycles. The van der Waals surface area contributed by atoms with E-state index in [1.807, 2.05) is 0 Å². The maximum Gasteiger partial charge on any atom is 0.256 e. The lowest BCUT2D eigenvalue weighted by atomic mass is 10.1. The van der Waals surface area contributed by atoms with Crippen molar-refractivity contribution in [3.8, 4) is 17.6 Å². The number of hydrogen-bond acceptors (Lipinski definition) is 4. The maximum atomic E-state index is 12.5. The molecule has 6 heteroatoms. The highest BCUT2D eigenvalue weighted by molar-refractivity contribution is 6.30. The summed E-state index contributed by atoms with van der Waals surface area (Å²) < 4.78 is 11.0. The number of carbonyl (C=O) groups excluding carboxylic acids is 1. The number of ether oxygens (including phenoxy) is 2. The van der Waals surface area contributed by atoms with Gasteiger partial charge in [0, 0.05) is 5.02 Å². The summed E-state index contributed by atoms with van der Waals surface area (Å²) in [5.41, 5.74) is 1.00. The molecular weight excluding hydrogens is 316 g/mol. The third-order valence-corrected chi connectivity index (χ3v) is 3.67. The van der Waals surface area contributed by atoms with E-state index in [1.54, 1.807) is 42.5 Å². The van der Waals surface area contributed by atoms with E-state index in [4.69, 9.17) is 21.1 Å². The van der Waals surface area contributed by atoms with E-state index in [0.717, 1.165) is 0 Å². The molecule has 2 aromatic rings. The predicted octanol–water partition coefficient (Wildman–Crippen LogP) is 3.11. The predicted molar refractivity (Wildman–Crippen MR) is 84.7 cm³/mol. The molecule has 0 radical (unpaired) electrons. The quantitative estimate of drug-likeness (QED) is 0.939. The van der Waals surface area contributed by atoms with Crippen LogP contribution in [-0.2, 0) is 0 Å². The number of nitriles is 1. The molecule has 0 bridgehead atoms. The molecule has 1 heterocycles. The Bertz CT molecular complexity index is 768. The van der Waals surface area contributed by atoms with Gasteiger partial charge in [-0.15, -0.1) is 0 Å². The Morgan fingerprint density at radius 1 is 1.17 bits per heavy atom. The molecule has 3 rings (SSSR count). The molecule has 116 valence electrons. The zero-order valence-corrected chi connectivity index (χ0v) is 12.8. The van der Waals surface area contributed by atoms with Crippen molar-refractivity contribution in [1.29, 1.82) is 5.26 Å². The lowest BCUT2D eigenvalue weighted by Gasteiger charge is -2.21. The van der Waals surface area contributed by atoms with Gasteiger partial charge in [0.15, 0.2) is 11.5 Å². The smallest absolute Gasteiger partial charge is 0.256 e. The number of para-hydroxylation sites is 1. The highest BCUT2D eigenvalue weighted by atomic mass is 35.5. The van der Waals surface area contributed by atoms with E-state index in [-0.39, 0.29) is 0 Å². The van der Waals surface area contributed by atoms with Crippen LogP contribution >= 0.6 is 11.6 Å². The minimum Gasteiger partial charge on any atom is -0.486 e. The van der Waals surface area contributed by atoms with E-state index >= 15 is 0 Å². The molecule has 1 atom stereocenters. The van der Waals surface area contributed by atoms with Crippen molar-refractivity contribution in [2.45, 2.75) is 6.04 Å². The number of nitrogens with zero attached hydrogens (tertiary/aromatic N) is 1. The first kappa shape index (κ1) is 15.2. The Morgan fingerprint density at radius 2 is 1.91 bits per heavy atom. The molecule has 1 unspecified atom stereocenters. The normalized spacial score (nSPS) is 13.7. The molecule has 0 spiro atoms. The van der Waals surface area contributed by atoms with Crippen molar-refractivity contribution in [2.24, 2.45) is 0 Å². The van der Waals surface area contributed by atoms with Crippen molar-refractivity contribution < 1.29 is 14.3 Å². The Hall–Kier alpha value is -2.71. The van der Waals surface area contributed by atoms with Crippen LogP contribution in [0.25, 0.3) is 0 Å². The zero-order valence-electron chi connectivity index (χ0n) is 12.1. The van der Waals surface area contributed by atoms with Gasteiger partial charge in [-0.1, -0.05) is 29.8 Å². The van der Waals surface area contributed by atoms with Gasteiger partial charge < -0.3 is 14.8 Å². The fourth-order valence-electron chi connectivity index (χ4n) is 2.31. The second kappa shape index (κ2) is 6.59. The summed E-state index contributed by atoms with van der Waals surface area (Å²) in [5, 5.41) is 12.6. The van der Waals surface area contributed by atoms with Gasteiger partial charge in [-0.3, -0.25) is 4.79 Å². The van der Waals surface area contributed by atoms with Crippen LogP contribution in [0.2, 0.25) is 5.02 Å². The zero-order chi connectivity index (χ0) is 16.2. The molecule has 0 aliphatic carbocycles. The number of halogens is 1. The average Bonchev–Trinajstić information content (AvgIpc) is 2.60. The number of carbonyl (C=O) groups is 1. The standard InChI is InChI=1S/C17H13ClN2O3/c18-12-6-4-11(5-7-12)14(10-19)20-17(21)13-2-1-3-15-16(13)23-9-8-22-15/h1-7,14H,8-9H2,(H,20,21). The van der Waals surface area contributed by atoms with Crippen molar-refractivity contribution in [2.75, 3.05) is 13.2 Å². The molecule has 0 saturated carbocycles. The Morgan fingerprint density at radius 3 is 2.65 bits per heavy atom. The van der Waals surface area contributed by atoms with Crippen LogP contribution in [0.3, 0.4) is 0 Å². The Labute approximate surface area is 138 Å². The first-order valence-electron chi connectivity index (χ1n) is 7.03. The van der Waals surface area contributed by atoms with E-state index in [9.17, 15) is 10.1 Å². The minimum atomic E-state index is -0.778. The van der Waals surface area contributed by atoms with Crippen LogP contribution in [0, 0.1) is 11.3 Å². The average molecular weight is 329 g/mol. The molecule has 0 aromatic heterocycles. The van der Waals surface area contributed by atoms with Crippen molar-refractivity contribution in [1.82, 2.24) is 5.32 Å². The fourth-order valence-corrected chi connectivity index (χ4v) is 2.43. The van der Waals surface area contributed by atoms with E-state index in [0.29, 0.717) is 40.9 Å². The summed E-state index contributed by atoms with van der Waals surface area (Å²) in [6.45, 7) is 0.833. The largest absolute Gasteiger partial charge is 0.486 e. The number of fused-ring (bicyclic) bond motifs is 1. The molecule has 0 saturated heterocycles. The van der Waals surface area contributed by atoms with Gasteiger partial charge in [0.25, 0.3) is 5.91 Å². The maximum absolute atomic E-state index is 12.5. The van der Waals surface area contributed by atoms with Crippen LogP contribution in [-0.4, -0.2) is 19.1 Å². The van der Waals surface area contributed by atoms with Gasteiger partial charge in [-0.2, -0.15) is 5.26 Å². The molecular formula is C17H13ClN2O3. The number of hydrogen-bond donors (Lipinski definition) is 1. The molecule has 0 fully saturated rings. The minimum absolute atomic E-state index is 0.344. The Kier molecular flexibility index (Phi) is 4.35. The van der Waals surface area contributed by atoms with Crippen LogP contribution in [0.1, 0.15) is 22.0 Å². The Balaban J connectivity index is 1.83. The first-order valence-corrected chi connectivity index (χ1v) is 7.41. The third kappa shape index (κ3) is 3.22. The number of rotatable bonds is 3. The van der Waals surface area contributed by atoms with E-state index in [1.165, 1.54) is 0 Å². The van der Waals surface area contributed by atoms with Crippen molar-refractivity contribution >= 4 is 17.5 Å². The van der Waals surface area contributed by atoms with Crippen LogP contribution < -0.4 is 14.8 Å². The first-order chi connectivity index (χ1) is 11.2. The van der Waals surface area contributed by atoms with Crippen molar-refractivity contribution in [3.05, 3.63) is 58.6 Å². The summed E-state index contributed by atoms with van der Waals surface area (Å²) in [6.07, 6.45) is 0. The number of amides is 1. The summed E-state index contributed by atoms with van der Waals surface area (Å²) >= 11 is 5.84. The van der Waals surface area contributed by atoms with Gasteiger partial charge in [-0.05, 0) is 29.8 Å². The van der Waals surface area contributed by atoms with Crippen LogP contribution in [0.15, 0.2) is 42.5 Å².